The minimum Gasteiger partial charge on any atom is -0.507 e. The zero-order valence-electron chi connectivity index (χ0n) is 18.1. The van der Waals surface area contributed by atoms with Crippen LogP contribution in [-0.2, 0) is 6.61 Å². The largest absolute Gasteiger partial charge is 0.507 e. The molecule has 4 aromatic rings. The number of rotatable bonds is 6. The van der Waals surface area contributed by atoms with E-state index in [0.717, 1.165) is 28.1 Å². The highest BCUT2D eigenvalue weighted by molar-refractivity contribution is 5.84. The molecule has 0 saturated carbocycles. The zero-order valence-corrected chi connectivity index (χ0v) is 18.1. The highest BCUT2D eigenvalue weighted by Crippen LogP contribution is 2.40. The summed E-state index contributed by atoms with van der Waals surface area (Å²) in [6, 6.07) is 19.2. The highest BCUT2D eigenvalue weighted by atomic mass is 16.5. The molecule has 1 N–H and O–H groups in total. The normalized spacial score (nSPS) is 10.8. The number of phenolic OH excluding ortho intramolecular Hbond substituents is 1. The van der Waals surface area contributed by atoms with E-state index < -0.39 is 0 Å². The lowest BCUT2D eigenvalue weighted by Gasteiger charge is -2.11. The maximum Gasteiger partial charge on any atom is 0.178 e. The van der Waals surface area contributed by atoms with Crippen LogP contribution in [0.3, 0.4) is 0 Å². The molecule has 5 nitrogen and oxygen atoms in total. The zero-order chi connectivity index (χ0) is 22.0. The molecular formula is C26H25NO4. The lowest BCUT2D eigenvalue weighted by Crippen LogP contribution is -1.98. The second-order valence-electron chi connectivity index (χ2n) is 7.60. The monoisotopic (exact) mass is 415 g/mol. The van der Waals surface area contributed by atoms with Gasteiger partial charge in [-0.15, -0.1) is 0 Å². The van der Waals surface area contributed by atoms with Crippen molar-refractivity contribution in [3.05, 3.63) is 83.0 Å². The molecule has 4 rings (SSSR count). The molecule has 0 atom stereocenters. The summed E-state index contributed by atoms with van der Waals surface area (Å²) in [7, 11) is 1.63. The average Bonchev–Trinajstić information content (AvgIpc) is 3.15. The smallest absolute Gasteiger partial charge is 0.178 e. The van der Waals surface area contributed by atoms with Crippen molar-refractivity contribution in [2.75, 3.05) is 7.11 Å². The third-order valence-electron chi connectivity index (χ3n) is 5.35. The number of nitrogens with zero attached hydrogens (tertiary/aromatic N) is 1. The van der Waals surface area contributed by atoms with Gasteiger partial charge in [-0.25, -0.2) is 0 Å². The van der Waals surface area contributed by atoms with Crippen LogP contribution in [0.1, 0.15) is 22.4 Å². The maximum atomic E-state index is 10.7. The van der Waals surface area contributed by atoms with Gasteiger partial charge in [-0.1, -0.05) is 41.1 Å². The van der Waals surface area contributed by atoms with E-state index in [9.17, 15) is 5.11 Å². The van der Waals surface area contributed by atoms with Crippen LogP contribution in [0.25, 0.3) is 22.5 Å². The molecule has 0 fully saturated rings. The Morgan fingerprint density at radius 3 is 2.35 bits per heavy atom. The molecule has 0 radical (unpaired) electrons. The van der Waals surface area contributed by atoms with Crippen LogP contribution in [0, 0.1) is 20.8 Å². The quantitative estimate of drug-likeness (QED) is 0.405. The summed E-state index contributed by atoms with van der Waals surface area (Å²) in [4.78, 5) is 0. The maximum absolute atomic E-state index is 10.7. The van der Waals surface area contributed by atoms with Gasteiger partial charge in [-0.05, 0) is 61.7 Å². The van der Waals surface area contributed by atoms with Crippen LogP contribution < -0.4 is 9.47 Å². The summed E-state index contributed by atoms with van der Waals surface area (Å²) in [6.45, 7) is 6.44. The van der Waals surface area contributed by atoms with Gasteiger partial charge in [0.05, 0.1) is 23.9 Å². The van der Waals surface area contributed by atoms with E-state index in [1.165, 1.54) is 11.1 Å². The van der Waals surface area contributed by atoms with Crippen molar-refractivity contribution in [1.82, 2.24) is 5.16 Å². The van der Waals surface area contributed by atoms with E-state index >= 15 is 0 Å². The van der Waals surface area contributed by atoms with Gasteiger partial charge in [-0.3, -0.25) is 0 Å². The summed E-state index contributed by atoms with van der Waals surface area (Å²) in [6.07, 6.45) is 0. The van der Waals surface area contributed by atoms with Crippen molar-refractivity contribution in [1.29, 1.82) is 0 Å². The second kappa shape index (κ2) is 8.56. The summed E-state index contributed by atoms with van der Waals surface area (Å²) in [5.74, 6) is 1.95. The number of benzene rings is 3. The van der Waals surface area contributed by atoms with Crippen LogP contribution in [0.15, 0.2) is 65.2 Å². The van der Waals surface area contributed by atoms with Crippen LogP contribution in [0.5, 0.6) is 17.2 Å². The number of phenols is 1. The number of ether oxygens (including phenoxy) is 2. The molecule has 0 spiro atoms. The SMILES string of the molecule is COc1ccc(-c2c(C)noc2-c2ccc(OCc3cc(C)ccc3C)cc2O)cc1. The van der Waals surface area contributed by atoms with E-state index in [4.69, 9.17) is 14.0 Å². The lowest BCUT2D eigenvalue weighted by atomic mass is 9.99. The molecule has 0 saturated heterocycles. The number of methoxy groups -OCH3 is 1. The number of aromatic hydroxyl groups is 1. The second-order valence-corrected chi connectivity index (χ2v) is 7.60. The van der Waals surface area contributed by atoms with Crippen molar-refractivity contribution in [2.45, 2.75) is 27.4 Å². The number of hydrogen-bond acceptors (Lipinski definition) is 5. The Morgan fingerprint density at radius 1 is 0.903 bits per heavy atom. The Bertz CT molecular complexity index is 1210. The first kappa shape index (κ1) is 20.5. The topological polar surface area (TPSA) is 64.7 Å². The number of aromatic nitrogens is 1. The third kappa shape index (κ3) is 4.26. The fourth-order valence-corrected chi connectivity index (χ4v) is 3.56. The van der Waals surface area contributed by atoms with Gasteiger partial charge in [0.2, 0.25) is 0 Å². The highest BCUT2D eigenvalue weighted by Gasteiger charge is 2.20. The summed E-state index contributed by atoms with van der Waals surface area (Å²) in [5, 5.41) is 14.8. The van der Waals surface area contributed by atoms with E-state index in [1.54, 1.807) is 19.2 Å². The van der Waals surface area contributed by atoms with Crippen LogP contribution >= 0.6 is 0 Å². The first-order chi connectivity index (χ1) is 15.0. The molecule has 31 heavy (non-hydrogen) atoms. The minimum atomic E-state index is 0.0735. The molecule has 0 aliphatic carbocycles. The van der Waals surface area contributed by atoms with Crippen molar-refractivity contribution < 1.29 is 19.1 Å². The van der Waals surface area contributed by atoms with Gasteiger partial charge in [0.1, 0.15) is 23.9 Å². The molecule has 0 aliphatic rings. The fourth-order valence-electron chi connectivity index (χ4n) is 3.56. The van der Waals surface area contributed by atoms with Crippen LogP contribution in [0.2, 0.25) is 0 Å². The molecular weight excluding hydrogens is 390 g/mol. The van der Waals surface area contributed by atoms with Crippen molar-refractivity contribution in [3.63, 3.8) is 0 Å². The van der Waals surface area contributed by atoms with Crippen molar-refractivity contribution >= 4 is 0 Å². The van der Waals surface area contributed by atoms with E-state index in [-0.39, 0.29) is 5.75 Å². The lowest BCUT2D eigenvalue weighted by molar-refractivity contribution is 0.303. The fraction of sp³-hybridized carbons (Fsp3) is 0.192. The average molecular weight is 415 g/mol. The third-order valence-corrected chi connectivity index (χ3v) is 5.35. The molecule has 158 valence electrons. The van der Waals surface area contributed by atoms with Gasteiger partial charge in [0, 0.05) is 6.07 Å². The Kier molecular flexibility index (Phi) is 5.67. The first-order valence-corrected chi connectivity index (χ1v) is 10.1. The Morgan fingerprint density at radius 2 is 1.65 bits per heavy atom. The van der Waals surface area contributed by atoms with E-state index in [2.05, 4.69) is 37.2 Å². The summed E-state index contributed by atoms with van der Waals surface area (Å²) >= 11 is 0. The molecule has 1 heterocycles. The Hall–Kier alpha value is -3.73. The number of aryl methyl sites for hydroxylation is 3. The first-order valence-electron chi connectivity index (χ1n) is 10.1. The van der Waals surface area contributed by atoms with Crippen LogP contribution in [0.4, 0.5) is 0 Å². The van der Waals surface area contributed by atoms with Gasteiger partial charge in [0.25, 0.3) is 0 Å². The van der Waals surface area contributed by atoms with E-state index in [1.807, 2.05) is 37.3 Å². The molecule has 3 aromatic carbocycles. The molecule has 0 amide bonds. The van der Waals surface area contributed by atoms with Crippen molar-refractivity contribution in [3.8, 4) is 39.7 Å². The van der Waals surface area contributed by atoms with Crippen molar-refractivity contribution in [2.24, 2.45) is 0 Å². The summed E-state index contributed by atoms with van der Waals surface area (Å²) < 4.78 is 16.8. The minimum absolute atomic E-state index is 0.0735. The van der Waals surface area contributed by atoms with Gasteiger partial charge >= 0.3 is 0 Å². The Labute approximate surface area is 181 Å². The molecule has 0 bridgehead atoms. The molecule has 0 unspecified atom stereocenters. The summed E-state index contributed by atoms with van der Waals surface area (Å²) in [5.41, 5.74) is 6.56. The molecule has 0 aliphatic heterocycles. The molecule has 1 aromatic heterocycles. The number of hydrogen-bond donors (Lipinski definition) is 1. The predicted molar refractivity (Wildman–Crippen MR) is 121 cm³/mol. The Balaban J connectivity index is 1.61. The van der Waals surface area contributed by atoms with Gasteiger partial charge < -0.3 is 19.1 Å². The van der Waals surface area contributed by atoms with E-state index in [0.29, 0.717) is 23.7 Å². The van der Waals surface area contributed by atoms with Gasteiger partial charge in [0.15, 0.2) is 5.76 Å². The van der Waals surface area contributed by atoms with Crippen LogP contribution in [-0.4, -0.2) is 17.4 Å². The van der Waals surface area contributed by atoms with Gasteiger partial charge in [-0.2, -0.15) is 0 Å². The predicted octanol–water partition coefficient (Wildman–Crippen LogP) is 6.23. The molecule has 5 heteroatoms. The standard InChI is InChI=1S/C26H25NO4/c1-16-5-6-17(2)20(13-16)15-30-22-11-12-23(24(28)14-22)26-25(18(3)27-31-26)19-7-9-21(29-4)10-8-19/h5-14,28H,15H2,1-4H3.